The van der Waals surface area contributed by atoms with Gasteiger partial charge in [-0.3, -0.25) is 15.4 Å². The summed E-state index contributed by atoms with van der Waals surface area (Å²) >= 11 is 0. The van der Waals surface area contributed by atoms with Crippen LogP contribution in [0.5, 0.6) is 5.75 Å². The van der Waals surface area contributed by atoms with Gasteiger partial charge in [-0.15, -0.1) is 3.89 Å². The Kier molecular flexibility index (Phi) is 4.79. The van der Waals surface area contributed by atoms with Crippen molar-refractivity contribution in [3.63, 3.8) is 0 Å². The fourth-order valence-corrected chi connectivity index (χ4v) is 2.56. The van der Waals surface area contributed by atoms with Crippen molar-refractivity contribution >= 4 is 27.7 Å². The molecule has 24 heavy (non-hydrogen) atoms. The highest BCUT2D eigenvalue weighted by atomic mass is 32.3. The molecule has 2 aromatic rings. The predicted molar refractivity (Wildman–Crippen MR) is 82.2 cm³/mol. The second-order valence-electron chi connectivity index (χ2n) is 4.68. The number of anilines is 1. The van der Waals surface area contributed by atoms with E-state index in [9.17, 15) is 27.2 Å². The van der Waals surface area contributed by atoms with Crippen LogP contribution in [0.1, 0.15) is 5.56 Å². The number of non-ortho nitro benzene ring substituents is 1. The number of hydrogen-bond donors (Lipinski definition) is 1. The molecular weight excluding hydrogens is 343 g/mol. The van der Waals surface area contributed by atoms with Gasteiger partial charge in [0.1, 0.15) is 10.6 Å². The molecule has 126 valence electrons. The van der Waals surface area contributed by atoms with Gasteiger partial charge in [-0.05, 0) is 42.8 Å². The third kappa shape index (κ3) is 4.26. The van der Waals surface area contributed by atoms with E-state index in [4.69, 9.17) is 4.74 Å². The van der Waals surface area contributed by atoms with Crippen LogP contribution in [-0.4, -0.2) is 19.4 Å². The number of ether oxygens (including phenoxy) is 1. The minimum atomic E-state index is -4.84. The van der Waals surface area contributed by atoms with Crippen molar-refractivity contribution in [2.45, 2.75) is 11.8 Å². The summed E-state index contributed by atoms with van der Waals surface area (Å²) in [7, 11) is -4.84. The zero-order chi connectivity index (χ0) is 17.9. The minimum absolute atomic E-state index is 0.0813. The maximum absolute atomic E-state index is 13.0. The number of benzene rings is 2. The predicted octanol–water partition coefficient (Wildman–Crippen LogP) is 3.17. The summed E-state index contributed by atoms with van der Waals surface area (Å²) in [5.74, 6) is 0.0813. The first-order chi connectivity index (χ1) is 11.2. The lowest BCUT2D eigenvalue weighted by atomic mass is 10.2. The fraction of sp³-hybridized carbons (Fsp3) is 0.0714. The highest BCUT2D eigenvalue weighted by Gasteiger charge is 2.16. The molecule has 0 atom stereocenters. The monoisotopic (exact) mass is 354 g/mol. The van der Waals surface area contributed by atoms with Gasteiger partial charge >= 0.3 is 16.3 Å². The lowest BCUT2D eigenvalue weighted by Crippen LogP contribution is -2.16. The Morgan fingerprint density at radius 2 is 1.83 bits per heavy atom. The summed E-state index contributed by atoms with van der Waals surface area (Å²) in [5, 5.41) is 12.9. The van der Waals surface area contributed by atoms with Crippen molar-refractivity contribution in [2.24, 2.45) is 0 Å². The maximum Gasteiger partial charge on any atom is 0.417 e. The molecule has 0 radical (unpaired) electrons. The average Bonchev–Trinajstić information content (AvgIpc) is 2.46. The Labute approximate surface area is 136 Å². The molecule has 0 aromatic heterocycles. The van der Waals surface area contributed by atoms with Crippen LogP contribution in [0, 0.1) is 17.0 Å². The van der Waals surface area contributed by atoms with Crippen LogP contribution in [0.3, 0.4) is 0 Å². The molecule has 0 aliphatic rings. The van der Waals surface area contributed by atoms with Crippen LogP contribution in [0.4, 0.5) is 20.1 Å². The number of hydrogen-bond acceptors (Lipinski definition) is 6. The first kappa shape index (κ1) is 17.3. The third-order valence-corrected chi connectivity index (χ3v) is 3.93. The summed E-state index contributed by atoms with van der Waals surface area (Å²) in [5.41, 5.74) is 0.166. The van der Waals surface area contributed by atoms with Crippen molar-refractivity contribution in [1.29, 1.82) is 0 Å². The van der Waals surface area contributed by atoms with E-state index in [0.717, 1.165) is 6.07 Å². The van der Waals surface area contributed by atoms with E-state index in [1.807, 2.05) is 0 Å². The molecule has 0 unspecified atom stereocenters. The third-order valence-electron chi connectivity index (χ3n) is 2.94. The van der Waals surface area contributed by atoms with Gasteiger partial charge in [-0.2, -0.15) is 8.42 Å². The molecule has 0 bridgehead atoms. The molecule has 2 aromatic carbocycles. The number of halogens is 1. The Hall–Kier alpha value is -3.01. The number of nitro groups is 1. The first-order valence-electron chi connectivity index (χ1n) is 6.45. The van der Waals surface area contributed by atoms with E-state index in [1.165, 1.54) is 43.3 Å². The molecule has 0 aliphatic heterocycles. The molecule has 2 rings (SSSR count). The van der Waals surface area contributed by atoms with Gasteiger partial charge < -0.3 is 4.74 Å². The van der Waals surface area contributed by atoms with Gasteiger partial charge in [-0.25, -0.2) is 4.79 Å². The number of carbonyl (C=O) groups excluding carboxylic acids is 1. The van der Waals surface area contributed by atoms with Crippen LogP contribution in [-0.2, 0) is 10.2 Å². The van der Waals surface area contributed by atoms with E-state index < -0.39 is 26.1 Å². The second-order valence-corrected chi connectivity index (χ2v) is 6.00. The van der Waals surface area contributed by atoms with Crippen LogP contribution in [0.2, 0.25) is 0 Å². The SMILES string of the molecule is Cc1cc(NC(=O)Oc2ccc([N+](=O)[O-])cc2)ccc1S(=O)(=O)F. The number of nitro benzene ring substituents is 1. The number of rotatable bonds is 4. The zero-order valence-electron chi connectivity index (χ0n) is 12.2. The Bertz CT molecular complexity index is 896. The van der Waals surface area contributed by atoms with Crippen molar-refractivity contribution in [2.75, 3.05) is 5.32 Å². The van der Waals surface area contributed by atoms with Gasteiger partial charge in [0.15, 0.2) is 0 Å². The maximum atomic E-state index is 13.0. The standard InChI is InChI=1S/C14H11FN2O6S/c1-9-8-10(2-7-13(9)24(15,21)22)16-14(18)23-12-5-3-11(4-6-12)17(19)20/h2-8H,1H3,(H,16,18). The number of nitrogens with zero attached hydrogens (tertiary/aromatic N) is 1. The topological polar surface area (TPSA) is 116 Å². The number of amides is 1. The summed E-state index contributed by atoms with van der Waals surface area (Å²) < 4.78 is 39.6. The molecule has 0 fully saturated rings. The molecule has 0 saturated heterocycles. The van der Waals surface area contributed by atoms with Gasteiger partial charge in [-0.1, -0.05) is 0 Å². The summed E-state index contributed by atoms with van der Waals surface area (Å²) in [6.07, 6.45) is -0.890. The highest BCUT2D eigenvalue weighted by molar-refractivity contribution is 7.86. The van der Waals surface area contributed by atoms with E-state index in [-0.39, 0.29) is 22.7 Å². The quantitative estimate of drug-likeness (QED) is 0.512. The van der Waals surface area contributed by atoms with E-state index in [1.54, 1.807) is 0 Å². The van der Waals surface area contributed by atoms with E-state index in [0.29, 0.717) is 0 Å². The normalized spacial score (nSPS) is 10.9. The van der Waals surface area contributed by atoms with Crippen molar-refractivity contribution in [3.05, 3.63) is 58.1 Å². The largest absolute Gasteiger partial charge is 0.417 e. The molecule has 8 nitrogen and oxygen atoms in total. The Morgan fingerprint density at radius 3 is 2.33 bits per heavy atom. The molecular formula is C14H11FN2O6S. The Balaban J connectivity index is 2.07. The molecule has 0 heterocycles. The summed E-state index contributed by atoms with van der Waals surface area (Å²) in [6.45, 7) is 1.37. The molecule has 10 heteroatoms. The summed E-state index contributed by atoms with van der Waals surface area (Å²) in [4.78, 5) is 21.2. The van der Waals surface area contributed by atoms with Crippen molar-refractivity contribution in [3.8, 4) is 5.75 Å². The van der Waals surface area contributed by atoms with Gasteiger partial charge in [0.2, 0.25) is 0 Å². The molecule has 0 spiro atoms. The zero-order valence-corrected chi connectivity index (χ0v) is 13.0. The highest BCUT2D eigenvalue weighted by Crippen LogP contribution is 2.22. The lowest BCUT2D eigenvalue weighted by Gasteiger charge is -2.08. The average molecular weight is 354 g/mol. The van der Waals surface area contributed by atoms with Crippen LogP contribution in [0.15, 0.2) is 47.4 Å². The molecule has 1 N–H and O–H groups in total. The fourth-order valence-electron chi connectivity index (χ4n) is 1.89. The number of carbonyl (C=O) groups is 1. The number of nitrogens with one attached hydrogen (secondary N) is 1. The Morgan fingerprint density at radius 1 is 1.21 bits per heavy atom. The first-order valence-corrected chi connectivity index (χ1v) is 7.84. The summed E-state index contributed by atoms with van der Waals surface area (Å²) in [6, 6.07) is 8.34. The van der Waals surface area contributed by atoms with Gasteiger partial charge in [0.05, 0.1) is 4.92 Å². The van der Waals surface area contributed by atoms with Crippen LogP contribution >= 0.6 is 0 Å². The van der Waals surface area contributed by atoms with E-state index in [2.05, 4.69) is 5.32 Å². The van der Waals surface area contributed by atoms with Crippen LogP contribution < -0.4 is 10.1 Å². The number of aryl methyl sites for hydroxylation is 1. The smallest absolute Gasteiger partial charge is 0.410 e. The van der Waals surface area contributed by atoms with Gasteiger partial charge in [0, 0.05) is 17.8 Å². The van der Waals surface area contributed by atoms with Gasteiger partial charge in [0.25, 0.3) is 5.69 Å². The molecule has 0 saturated carbocycles. The molecule has 1 amide bonds. The van der Waals surface area contributed by atoms with Crippen molar-refractivity contribution in [1.82, 2.24) is 0 Å². The molecule has 0 aliphatic carbocycles. The second kappa shape index (κ2) is 6.62. The van der Waals surface area contributed by atoms with Crippen molar-refractivity contribution < 1.29 is 26.8 Å². The lowest BCUT2D eigenvalue weighted by molar-refractivity contribution is -0.384. The van der Waals surface area contributed by atoms with E-state index >= 15 is 0 Å². The minimum Gasteiger partial charge on any atom is -0.410 e. The van der Waals surface area contributed by atoms with Crippen LogP contribution in [0.25, 0.3) is 0 Å².